The van der Waals surface area contributed by atoms with Crippen LogP contribution in [0, 0.1) is 5.92 Å². The average molecular weight is 296 g/mol. The summed E-state index contributed by atoms with van der Waals surface area (Å²) >= 11 is 2.08. The van der Waals surface area contributed by atoms with E-state index in [-0.39, 0.29) is 0 Å². The molecule has 0 aliphatic carbocycles. The summed E-state index contributed by atoms with van der Waals surface area (Å²) in [4.78, 5) is 2.55. The molecule has 1 aromatic rings. The van der Waals surface area contributed by atoms with Gasteiger partial charge >= 0.3 is 0 Å². The van der Waals surface area contributed by atoms with E-state index in [0.29, 0.717) is 10.7 Å². The predicted molar refractivity (Wildman–Crippen MR) is 87.1 cm³/mol. The van der Waals surface area contributed by atoms with Gasteiger partial charge in [-0.2, -0.15) is 11.8 Å². The maximum absolute atomic E-state index is 5.65. The van der Waals surface area contributed by atoms with Crippen LogP contribution < -0.4 is 5.32 Å². The molecule has 3 nitrogen and oxygen atoms in total. The van der Waals surface area contributed by atoms with Crippen molar-refractivity contribution in [3.63, 3.8) is 0 Å². The molecule has 20 heavy (non-hydrogen) atoms. The van der Waals surface area contributed by atoms with E-state index in [1.54, 1.807) is 0 Å². The normalized spacial score (nSPS) is 19.6. The minimum Gasteiger partial charge on any atom is -0.468 e. The van der Waals surface area contributed by atoms with Crippen molar-refractivity contribution < 1.29 is 4.42 Å². The molecule has 1 fully saturated rings. The largest absolute Gasteiger partial charge is 0.468 e. The Balaban J connectivity index is 1.88. The molecule has 0 bridgehead atoms. The summed E-state index contributed by atoms with van der Waals surface area (Å²) in [5.74, 6) is 3.00. The molecule has 1 aliphatic rings. The highest BCUT2D eigenvalue weighted by molar-refractivity contribution is 8.00. The van der Waals surface area contributed by atoms with Crippen molar-refractivity contribution in [1.82, 2.24) is 10.2 Å². The van der Waals surface area contributed by atoms with Gasteiger partial charge < -0.3 is 9.73 Å². The molecule has 0 saturated carbocycles. The van der Waals surface area contributed by atoms with Crippen molar-refractivity contribution in [2.75, 3.05) is 25.4 Å². The molecule has 0 spiro atoms. The monoisotopic (exact) mass is 296 g/mol. The molecule has 2 rings (SSSR count). The van der Waals surface area contributed by atoms with E-state index < -0.39 is 0 Å². The van der Waals surface area contributed by atoms with Crippen LogP contribution in [0.5, 0.6) is 0 Å². The van der Waals surface area contributed by atoms with Crippen LogP contribution in [0.4, 0.5) is 0 Å². The van der Waals surface area contributed by atoms with Crippen molar-refractivity contribution >= 4 is 11.8 Å². The Morgan fingerprint density at radius 1 is 1.45 bits per heavy atom. The number of furan rings is 1. The van der Waals surface area contributed by atoms with Crippen LogP contribution >= 0.6 is 11.8 Å². The van der Waals surface area contributed by atoms with Gasteiger partial charge in [-0.3, -0.25) is 4.90 Å². The fourth-order valence-corrected chi connectivity index (χ4v) is 3.80. The Morgan fingerprint density at radius 2 is 2.25 bits per heavy atom. The molecule has 1 saturated heterocycles. The van der Waals surface area contributed by atoms with Crippen LogP contribution in [0.2, 0.25) is 0 Å². The Labute approximate surface area is 127 Å². The van der Waals surface area contributed by atoms with E-state index >= 15 is 0 Å². The van der Waals surface area contributed by atoms with E-state index in [4.69, 9.17) is 4.42 Å². The van der Waals surface area contributed by atoms with Gasteiger partial charge in [-0.1, -0.05) is 13.8 Å². The predicted octanol–water partition coefficient (Wildman–Crippen LogP) is 3.35. The summed E-state index contributed by atoms with van der Waals surface area (Å²) in [7, 11) is 0. The van der Waals surface area contributed by atoms with Crippen molar-refractivity contribution in [1.29, 1.82) is 0 Å². The molecule has 114 valence electrons. The van der Waals surface area contributed by atoms with Gasteiger partial charge in [0.25, 0.3) is 0 Å². The molecule has 0 atom stereocenters. The fraction of sp³-hybridized carbons (Fsp3) is 0.750. The lowest BCUT2D eigenvalue weighted by atomic mass is 10.1. The zero-order valence-electron chi connectivity index (χ0n) is 13.2. The Kier molecular flexibility index (Phi) is 5.58. The van der Waals surface area contributed by atoms with Gasteiger partial charge in [-0.25, -0.2) is 0 Å². The first-order valence-corrected chi connectivity index (χ1v) is 8.57. The second kappa shape index (κ2) is 7.01. The summed E-state index contributed by atoms with van der Waals surface area (Å²) in [5.41, 5.74) is 1.34. The smallest absolute Gasteiger partial charge is 0.122 e. The molecule has 1 N–H and O–H groups in total. The van der Waals surface area contributed by atoms with E-state index in [0.717, 1.165) is 31.9 Å². The zero-order chi connectivity index (χ0) is 14.6. The van der Waals surface area contributed by atoms with Gasteiger partial charge in [0.2, 0.25) is 0 Å². The molecule has 2 heterocycles. The second-order valence-electron chi connectivity index (χ2n) is 6.71. The topological polar surface area (TPSA) is 28.4 Å². The lowest BCUT2D eigenvalue weighted by molar-refractivity contribution is 0.250. The Bertz CT molecular complexity index is 414. The van der Waals surface area contributed by atoms with Gasteiger partial charge in [0.15, 0.2) is 0 Å². The van der Waals surface area contributed by atoms with Crippen molar-refractivity contribution in [3.05, 3.63) is 23.7 Å². The number of hydrogen-bond donors (Lipinski definition) is 1. The second-order valence-corrected chi connectivity index (χ2v) is 8.51. The minimum absolute atomic E-state index is 0.373. The van der Waals surface area contributed by atoms with Gasteiger partial charge in [0.1, 0.15) is 5.76 Å². The summed E-state index contributed by atoms with van der Waals surface area (Å²) in [6.45, 7) is 14.3. The van der Waals surface area contributed by atoms with Crippen molar-refractivity contribution in [2.24, 2.45) is 5.92 Å². The molecule has 4 heteroatoms. The van der Waals surface area contributed by atoms with Crippen molar-refractivity contribution in [3.8, 4) is 0 Å². The fourth-order valence-electron chi connectivity index (χ4n) is 2.63. The molecule has 1 aliphatic heterocycles. The first-order valence-electron chi connectivity index (χ1n) is 7.58. The Morgan fingerprint density at radius 3 is 2.95 bits per heavy atom. The van der Waals surface area contributed by atoms with Crippen molar-refractivity contribution in [2.45, 2.75) is 45.5 Å². The SMILES string of the molecule is CC(C)CNCc1occc1CN1CCSC(C)(C)C1. The van der Waals surface area contributed by atoms with Gasteiger partial charge in [-0.05, 0) is 32.4 Å². The first-order chi connectivity index (χ1) is 9.46. The number of rotatable bonds is 6. The first kappa shape index (κ1) is 15.9. The third-order valence-corrected chi connectivity index (χ3v) is 4.87. The van der Waals surface area contributed by atoms with Crippen LogP contribution in [0.25, 0.3) is 0 Å². The van der Waals surface area contributed by atoms with Crippen LogP contribution in [0.3, 0.4) is 0 Å². The lowest BCUT2D eigenvalue weighted by Gasteiger charge is -2.37. The highest BCUT2D eigenvalue weighted by Crippen LogP contribution is 2.30. The van der Waals surface area contributed by atoms with E-state index in [1.807, 2.05) is 6.26 Å². The number of nitrogens with zero attached hydrogens (tertiary/aromatic N) is 1. The summed E-state index contributed by atoms with van der Waals surface area (Å²) < 4.78 is 6.02. The maximum atomic E-state index is 5.65. The van der Waals surface area contributed by atoms with Crippen LogP contribution in [-0.2, 0) is 13.1 Å². The number of hydrogen-bond acceptors (Lipinski definition) is 4. The van der Waals surface area contributed by atoms with E-state index in [1.165, 1.54) is 17.9 Å². The Hall–Kier alpha value is -0.450. The molecule has 0 aromatic carbocycles. The molecule has 1 aromatic heterocycles. The van der Waals surface area contributed by atoms with Gasteiger partial charge in [0.05, 0.1) is 12.8 Å². The maximum Gasteiger partial charge on any atom is 0.122 e. The van der Waals surface area contributed by atoms with E-state index in [2.05, 4.69) is 55.7 Å². The highest BCUT2D eigenvalue weighted by atomic mass is 32.2. The zero-order valence-corrected chi connectivity index (χ0v) is 14.1. The molecular weight excluding hydrogens is 268 g/mol. The minimum atomic E-state index is 0.373. The van der Waals surface area contributed by atoms with Crippen LogP contribution in [0.15, 0.2) is 16.7 Å². The molecule has 0 amide bonds. The molecule has 0 unspecified atom stereocenters. The third kappa shape index (κ3) is 4.83. The van der Waals surface area contributed by atoms with Gasteiger partial charge in [0, 0.05) is 35.7 Å². The van der Waals surface area contributed by atoms with Crippen LogP contribution in [-0.4, -0.2) is 35.0 Å². The third-order valence-electron chi connectivity index (χ3n) is 3.57. The summed E-state index contributed by atoms with van der Waals surface area (Å²) in [6, 6.07) is 2.13. The van der Waals surface area contributed by atoms with Crippen LogP contribution in [0.1, 0.15) is 39.0 Å². The molecular formula is C16H28N2OS. The molecule has 0 radical (unpaired) electrons. The highest BCUT2D eigenvalue weighted by Gasteiger charge is 2.27. The standard InChI is InChI=1S/C16H28N2OS/c1-13(2)9-17-10-15-14(5-7-19-15)11-18-6-8-20-16(3,4)12-18/h5,7,13,17H,6,8-12H2,1-4H3. The number of thioether (sulfide) groups is 1. The lowest BCUT2D eigenvalue weighted by Crippen LogP contribution is -2.42. The summed E-state index contributed by atoms with van der Waals surface area (Å²) in [6.07, 6.45) is 1.82. The average Bonchev–Trinajstić information content (AvgIpc) is 2.75. The quantitative estimate of drug-likeness (QED) is 0.871. The number of nitrogens with one attached hydrogen (secondary N) is 1. The summed E-state index contributed by atoms with van der Waals surface area (Å²) in [5, 5.41) is 3.46. The van der Waals surface area contributed by atoms with E-state index in [9.17, 15) is 0 Å². The van der Waals surface area contributed by atoms with Gasteiger partial charge in [-0.15, -0.1) is 0 Å².